The summed E-state index contributed by atoms with van der Waals surface area (Å²) in [5, 5.41) is 0. The third-order valence-corrected chi connectivity index (χ3v) is 4.25. The van der Waals surface area contributed by atoms with Gasteiger partial charge in [-0.3, -0.25) is 0 Å². The minimum atomic E-state index is 0.863. The Bertz CT molecular complexity index is 362. The summed E-state index contributed by atoms with van der Waals surface area (Å²) in [5.74, 6) is 2.01. The van der Waals surface area contributed by atoms with Gasteiger partial charge in [-0.25, -0.2) is 4.98 Å². The average molecular weight is 261 g/mol. The molecule has 0 bridgehead atoms. The van der Waals surface area contributed by atoms with Crippen molar-refractivity contribution < 1.29 is 0 Å². The van der Waals surface area contributed by atoms with Crippen molar-refractivity contribution >= 4 is 5.82 Å². The van der Waals surface area contributed by atoms with E-state index in [1.54, 1.807) is 0 Å². The zero-order valence-corrected chi connectivity index (χ0v) is 12.6. The maximum Gasteiger partial charge on any atom is 0.128 e. The van der Waals surface area contributed by atoms with Crippen LogP contribution in [0, 0.1) is 12.8 Å². The van der Waals surface area contributed by atoms with Crippen LogP contribution in [0.15, 0.2) is 18.3 Å². The molecule has 3 nitrogen and oxygen atoms in total. The van der Waals surface area contributed by atoms with Gasteiger partial charge in [0.05, 0.1) is 0 Å². The summed E-state index contributed by atoms with van der Waals surface area (Å²) < 4.78 is 0. The summed E-state index contributed by atoms with van der Waals surface area (Å²) in [6.45, 7) is 12.5. The molecule has 1 fully saturated rings. The fourth-order valence-corrected chi connectivity index (χ4v) is 2.84. The molecule has 0 aromatic carbocycles. The van der Waals surface area contributed by atoms with E-state index >= 15 is 0 Å². The van der Waals surface area contributed by atoms with Crippen LogP contribution in [0.4, 0.5) is 5.82 Å². The Morgan fingerprint density at radius 3 is 2.42 bits per heavy atom. The summed E-state index contributed by atoms with van der Waals surface area (Å²) in [7, 11) is 0. The van der Waals surface area contributed by atoms with Crippen LogP contribution < -0.4 is 4.90 Å². The van der Waals surface area contributed by atoms with Crippen molar-refractivity contribution in [2.24, 2.45) is 5.92 Å². The van der Waals surface area contributed by atoms with E-state index in [2.05, 4.69) is 47.7 Å². The largest absolute Gasteiger partial charge is 0.357 e. The van der Waals surface area contributed by atoms with Crippen LogP contribution >= 0.6 is 0 Å². The zero-order chi connectivity index (χ0) is 13.7. The minimum absolute atomic E-state index is 0.863. The van der Waals surface area contributed by atoms with Crippen LogP contribution in [-0.4, -0.2) is 42.6 Å². The highest BCUT2D eigenvalue weighted by Gasteiger charge is 2.21. The molecule has 0 radical (unpaired) electrons. The first-order valence-electron chi connectivity index (χ1n) is 7.62. The predicted octanol–water partition coefficient (Wildman–Crippen LogP) is 2.95. The molecule has 2 heterocycles. The van der Waals surface area contributed by atoms with Crippen molar-refractivity contribution in [2.75, 3.05) is 37.6 Å². The van der Waals surface area contributed by atoms with E-state index in [0.717, 1.165) is 24.8 Å². The van der Waals surface area contributed by atoms with Crippen LogP contribution in [0.5, 0.6) is 0 Å². The maximum absolute atomic E-state index is 4.54. The number of pyridine rings is 1. The Labute approximate surface area is 117 Å². The molecule has 2 rings (SSSR count). The third-order valence-electron chi connectivity index (χ3n) is 4.25. The van der Waals surface area contributed by atoms with E-state index in [-0.39, 0.29) is 0 Å². The van der Waals surface area contributed by atoms with Gasteiger partial charge in [-0.15, -0.1) is 0 Å². The quantitative estimate of drug-likeness (QED) is 0.812. The topological polar surface area (TPSA) is 19.4 Å². The van der Waals surface area contributed by atoms with Gasteiger partial charge in [0, 0.05) is 25.8 Å². The first-order valence-corrected chi connectivity index (χ1v) is 7.62. The lowest BCUT2D eigenvalue weighted by Gasteiger charge is -2.35. The fourth-order valence-electron chi connectivity index (χ4n) is 2.84. The standard InChI is InChI=1S/C16H27N3/c1-4-18(5-2)13-15-8-10-19(11-9-15)16-7-6-14(3)12-17-16/h6-7,12,15H,4-5,8-11,13H2,1-3H3. The normalized spacial score (nSPS) is 17.2. The van der Waals surface area contributed by atoms with Crippen LogP contribution in [0.1, 0.15) is 32.3 Å². The highest BCUT2D eigenvalue weighted by Crippen LogP contribution is 2.22. The average Bonchev–Trinajstić information content (AvgIpc) is 2.46. The second kappa shape index (κ2) is 6.90. The number of aromatic nitrogens is 1. The van der Waals surface area contributed by atoms with Crippen molar-refractivity contribution in [1.29, 1.82) is 0 Å². The Morgan fingerprint density at radius 1 is 1.21 bits per heavy atom. The molecule has 0 saturated carbocycles. The van der Waals surface area contributed by atoms with E-state index < -0.39 is 0 Å². The Kier molecular flexibility index (Phi) is 5.20. The molecule has 0 spiro atoms. The molecule has 1 aliphatic heterocycles. The number of hydrogen-bond acceptors (Lipinski definition) is 3. The summed E-state index contributed by atoms with van der Waals surface area (Å²) in [6, 6.07) is 4.31. The molecule has 3 heteroatoms. The molecule has 0 atom stereocenters. The number of rotatable bonds is 5. The zero-order valence-electron chi connectivity index (χ0n) is 12.6. The molecular formula is C16H27N3. The van der Waals surface area contributed by atoms with Crippen LogP contribution in [-0.2, 0) is 0 Å². The fraction of sp³-hybridized carbons (Fsp3) is 0.688. The van der Waals surface area contributed by atoms with E-state index in [9.17, 15) is 0 Å². The van der Waals surface area contributed by atoms with E-state index in [1.165, 1.54) is 38.0 Å². The van der Waals surface area contributed by atoms with E-state index in [0.29, 0.717) is 0 Å². The molecular weight excluding hydrogens is 234 g/mol. The van der Waals surface area contributed by atoms with Crippen molar-refractivity contribution in [3.05, 3.63) is 23.9 Å². The monoisotopic (exact) mass is 261 g/mol. The van der Waals surface area contributed by atoms with Gasteiger partial charge in [0.2, 0.25) is 0 Å². The second-order valence-corrected chi connectivity index (χ2v) is 5.61. The molecule has 1 aromatic heterocycles. The smallest absolute Gasteiger partial charge is 0.128 e. The van der Waals surface area contributed by atoms with E-state index in [1.807, 2.05) is 6.20 Å². The number of hydrogen-bond donors (Lipinski definition) is 0. The molecule has 0 unspecified atom stereocenters. The minimum Gasteiger partial charge on any atom is -0.357 e. The van der Waals surface area contributed by atoms with Crippen LogP contribution in [0.2, 0.25) is 0 Å². The highest BCUT2D eigenvalue weighted by molar-refractivity contribution is 5.39. The molecule has 0 N–H and O–H groups in total. The van der Waals surface area contributed by atoms with Crippen molar-refractivity contribution in [3.8, 4) is 0 Å². The van der Waals surface area contributed by atoms with E-state index in [4.69, 9.17) is 0 Å². The van der Waals surface area contributed by atoms with Crippen LogP contribution in [0.3, 0.4) is 0 Å². The number of aryl methyl sites for hydroxylation is 1. The highest BCUT2D eigenvalue weighted by atomic mass is 15.2. The Balaban J connectivity index is 1.83. The van der Waals surface area contributed by atoms with Crippen molar-refractivity contribution in [2.45, 2.75) is 33.6 Å². The third kappa shape index (κ3) is 3.93. The molecule has 0 amide bonds. The Morgan fingerprint density at radius 2 is 1.89 bits per heavy atom. The first-order chi connectivity index (χ1) is 9.22. The Hall–Kier alpha value is -1.09. The van der Waals surface area contributed by atoms with Crippen molar-refractivity contribution in [1.82, 2.24) is 9.88 Å². The number of piperidine rings is 1. The molecule has 19 heavy (non-hydrogen) atoms. The van der Waals surface area contributed by atoms with Gasteiger partial charge in [-0.1, -0.05) is 19.9 Å². The van der Waals surface area contributed by atoms with Gasteiger partial charge in [0.25, 0.3) is 0 Å². The lowest BCUT2D eigenvalue weighted by molar-refractivity contribution is 0.229. The summed E-state index contributed by atoms with van der Waals surface area (Å²) in [6.07, 6.45) is 4.56. The molecule has 106 valence electrons. The van der Waals surface area contributed by atoms with Gasteiger partial charge in [0.1, 0.15) is 5.82 Å². The lowest BCUT2D eigenvalue weighted by atomic mass is 9.96. The number of nitrogens with zero attached hydrogens (tertiary/aromatic N) is 3. The molecule has 0 aliphatic carbocycles. The summed E-state index contributed by atoms with van der Waals surface area (Å²) >= 11 is 0. The van der Waals surface area contributed by atoms with Gasteiger partial charge >= 0.3 is 0 Å². The molecule has 1 saturated heterocycles. The maximum atomic E-state index is 4.54. The SMILES string of the molecule is CCN(CC)CC1CCN(c2ccc(C)cn2)CC1. The summed E-state index contributed by atoms with van der Waals surface area (Å²) in [5.41, 5.74) is 1.24. The first kappa shape index (κ1) is 14.3. The second-order valence-electron chi connectivity index (χ2n) is 5.61. The van der Waals surface area contributed by atoms with Gasteiger partial charge < -0.3 is 9.80 Å². The molecule has 1 aromatic rings. The van der Waals surface area contributed by atoms with Crippen LogP contribution in [0.25, 0.3) is 0 Å². The lowest BCUT2D eigenvalue weighted by Crippen LogP contribution is -2.39. The number of anilines is 1. The van der Waals surface area contributed by atoms with Gasteiger partial charge in [0.15, 0.2) is 0 Å². The predicted molar refractivity (Wildman–Crippen MR) is 81.7 cm³/mol. The van der Waals surface area contributed by atoms with Gasteiger partial charge in [-0.05, 0) is 50.4 Å². The van der Waals surface area contributed by atoms with Gasteiger partial charge in [-0.2, -0.15) is 0 Å². The molecule has 1 aliphatic rings. The summed E-state index contributed by atoms with van der Waals surface area (Å²) in [4.78, 5) is 9.51. The van der Waals surface area contributed by atoms with Crippen molar-refractivity contribution in [3.63, 3.8) is 0 Å².